The van der Waals surface area contributed by atoms with Gasteiger partial charge in [0.05, 0.1) is 11.9 Å². The van der Waals surface area contributed by atoms with Gasteiger partial charge in [0.25, 0.3) is 0 Å². The number of rotatable bonds is 4. The summed E-state index contributed by atoms with van der Waals surface area (Å²) in [6.45, 7) is 5.46. The second kappa shape index (κ2) is 6.25. The Labute approximate surface area is 108 Å². The van der Waals surface area contributed by atoms with Crippen molar-refractivity contribution in [3.8, 4) is 0 Å². The molecule has 1 fully saturated rings. The van der Waals surface area contributed by atoms with E-state index in [-0.39, 0.29) is 11.9 Å². The number of hydrogen-bond acceptors (Lipinski definition) is 3. The molecule has 1 saturated heterocycles. The van der Waals surface area contributed by atoms with Crippen molar-refractivity contribution < 1.29 is 4.39 Å². The van der Waals surface area contributed by atoms with Crippen LogP contribution < -0.4 is 5.32 Å². The van der Waals surface area contributed by atoms with Gasteiger partial charge in [-0.2, -0.15) is 0 Å². The Bertz CT molecular complexity index is 360. The first-order valence-electron chi connectivity index (χ1n) is 6.69. The maximum atomic E-state index is 12.8. The summed E-state index contributed by atoms with van der Waals surface area (Å²) < 4.78 is 12.8. The van der Waals surface area contributed by atoms with E-state index in [0.29, 0.717) is 0 Å². The predicted molar refractivity (Wildman–Crippen MR) is 70.8 cm³/mol. The molecule has 0 radical (unpaired) electrons. The van der Waals surface area contributed by atoms with Gasteiger partial charge in [-0.15, -0.1) is 0 Å². The lowest BCUT2D eigenvalue weighted by Gasteiger charge is -2.31. The van der Waals surface area contributed by atoms with Crippen LogP contribution in [0.5, 0.6) is 0 Å². The van der Waals surface area contributed by atoms with E-state index in [9.17, 15) is 4.39 Å². The third-order valence-corrected chi connectivity index (χ3v) is 3.84. The van der Waals surface area contributed by atoms with Gasteiger partial charge in [0.1, 0.15) is 5.82 Å². The molecule has 4 heteroatoms. The number of hydrogen-bond donors (Lipinski definition) is 1. The summed E-state index contributed by atoms with van der Waals surface area (Å²) in [4.78, 5) is 6.48. The minimum Gasteiger partial charge on any atom is -0.317 e. The van der Waals surface area contributed by atoms with E-state index in [1.54, 1.807) is 6.07 Å². The van der Waals surface area contributed by atoms with Crippen molar-refractivity contribution in [1.82, 2.24) is 15.2 Å². The highest BCUT2D eigenvalue weighted by molar-refractivity contribution is 5.09. The van der Waals surface area contributed by atoms with Crippen LogP contribution in [0.4, 0.5) is 4.39 Å². The summed E-state index contributed by atoms with van der Waals surface area (Å²) in [5.41, 5.74) is 0.938. The standard InChI is InChI=1S/C14H22FN3/c1-11(14-4-3-13(15)9-17-14)18(2)10-12-5-7-16-8-6-12/h3-4,9,11-12,16H,5-8,10H2,1-2H3. The van der Waals surface area contributed by atoms with E-state index in [4.69, 9.17) is 0 Å². The quantitative estimate of drug-likeness (QED) is 0.889. The van der Waals surface area contributed by atoms with E-state index in [1.165, 1.54) is 25.1 Å². The smallest absolute Gasteiger partial charge is 0.141 e. The highest BCUT2D eigenvalue weighted by Gasteiger charge is 2.19. The molecule has 18 heavy (non-hydrogen) atoms. The average Bonchev–Trinajstić information content (AvgIpc) is 2.40. The monoisotopic (exact) mass is 251 g/mol. The van der Waals surface area contributed by atoms with Crippen LogP contribution in [0.25, 0.3) is 0 Å². The van der Waals surface area contributed by atoms with Crippen molar-refractivity contribution in [2.24, 2.45) is 5.92 Å². The van der Waals surface area contributed by atoms with Crippen LogP contribution in [0, 0.1) is 11.7 Å². The van der Waals surface area contributed by atoms with E-state index in [1.807, 2.05) is 0 Å². The Hall–Kier alpha value is -1.00. The number of aromatic nitrogens is 1. The molecule has 1 N–H and O–H groups in total. The summed E-state index contributed by atoms with van der Waals surface area (Å²) >= 11 is 0. The molecule has 1 aromatic heterocycles. The Kier molecular flexibility index (Phi) is 4.66. The summed E-state index contributed by atoms with van der Waals surface area (Å²) in [5, 5.41) is 3.38. The molecule has 0 saturated carbocycles. The van der Waals surface area contributed by atoms with E-state index < -0.39 is 0 Å². The fourth-order valence-electron chi connectivity index (χ4n) is 2.49. The molecule has 0 spiro atoms. The number of halogens is 1. The van der Waals surface area contributed by atoms with Crippen molar-refractivity contribution in [3.05, 3.63) is 29.8 Å². The Morgan fingerprint density at radius 3 is 2.78 bits per heavy atom. The number of piperidine rings is 1. The highest BCUT2D eigenvalue weighted by Crippen LogP contribution is 2.20. The summed E-state index contributed by atoms with van der Waals surface area (Å²) in [6.07, 6.45) is 3.78. The van der Waals surface area contributed by atoms with Crippen molar-refractivity contribution in [2.45, 2.75) is 25.8 Å². The minimum atomic E-state index is -0.271. The van der Waals surface area contributed by atoms with Gasteiger partial charge >= 0.3 is 0 Å². The van der Waals surface area contributed by atoms with Gasteiger partial charge in [-0.1, -0.05) is 0 Å². The molecule has 0 aromatic carbocycles. The fourth-order valence-corrected chi connectivity index (χ4v) is 2.49. The molecule has 100 valence electrons. The minimum absolute atomic E-state index is 0.237. The molecular formula is C14H22FN3. The van der Waals surface area contributed by atoms with Gasteiger partial charge in [0, 0.05) is 12.6 Å². The first-order chi connectivity index (χ1) is 8.66. The van der Waals surface area contributed by atoms with Crippen LogP contribution >= 0.6 is 0 Å². The predicted octanol–water partition coefficient (Wildman–Crippen LogP) is 2.21. The molecule has 3 nitrogen and oxygen atoms in total. The van der Waals surface area contributed by atoms with Crippen LogP contribution in [-0.4, -0.2) is 36.6 Å². The first kappa shape index (κ1) is 13.4. The zero-order chi connectivity index (χ0) is 13.0. The second-order valence-electron chi connectivity index (χ2n) is 5.21. The maximum absolute atomic E-state index is 12.8. The Balaban J connectivity index is 1.91. The van der Waals surface area contributed by atoms with Crippen LogP contribution in [0.3, 0.4) is 0 Å². The molecule has 1 unspecified atom stereocenters. The van der Waals surface area contributed by atoms with Gasteiger partial charge in [0.15, 0.2) is 0 Å². The second-order valence-corrected chi connectivity index (χ2v) is 5.21. The lowest BCUT2D eigenvalue weighted by atomic mass is 9.97. The maximum Gasteiger partial charge on any atom is 0.141 e. The van der Waals surface area contributed by atoms with Crippen molar-refractivity contribution in [1.29, 1.82) is 0 Å². The van der Waals surface area contributed by atoms with Gasteiger partial charge in [-0.05, 0) is 58.0 Å². The van der Waals surface area contributed by atoms with Crippen LogP contribution in [0.15, 0.2) is 18.3 Å². The Morgan fingerprint density at radius 2 is 2.17 bits per heavy atom. The van der Waals surface area contributed by atoms with Crippen LogP contribution in [0.1, 0.15) is 31.5 Å². The fraction of sp³-hybridized carbons (Fsp3) is 0.643. The Morgan fingerprint density at radius 1 is 1.44 bits per heavy atom. The summed E-state index contributed by atoms with van der Waals surface area (Å²) in [5.74, 6) is 0.492. The largest absolute Gasteiger partial charge is 0.317 e. The lowest BCUT2D eigenvalue weighted by Crippen LogP contribution is -2.35. The molecular weight excluding hydrogens is 229 g/mol. The number of nitrogens with one attached hydrogen (secondary N) is 1. The first-order valence-corrected chi connectivity index (χ1v) is 6.69. The lowest BCUT2D eigenvalue weighted by molar-refractivity contribution is 0.194. The SMILES string of the molecule is CC(c1ccc(F)cn1)N(C)CC1CCNCC1. The number of pyridine rings is 1. The molecule has 0 aliphatic carbocycles. The molecule has 0 amide bonds. The number of nitrogens with zero attached hydrogens (tertiary/aromatic N) is 2. The van der Waals surface area contributed by atoms with Crippen LogP contribution in [-0.2, 0) is 0 Å². The molecule has 1 aromatic rings. The molecule has 0 bridgehead atoms. The third kappa shape index (κ3) is 3.50. The third-order valence-electron chi connectivity index (χ3n) is 3.84. The molecule has 2 heterocycles. The normalized spacial score (nSPS) is 19.1. The molecule has 2 rings (SSSR count). The zero-order valence-corrected chi connectivity index (χ0v) is 11.2. The molecule has 1 aliphatic heterocycles. The van der Waals surface area contributed by atoms with Gasteiger partial charge in [-0.25, -0.2) is 4.39 Å². The summed E-state index contributed by atoms with van der Waals surface area (Å²) in [7, 11) is 2.12. The molecule has 1 atom stereocenters. The zero-order valence-electron chi connectivity index (χ0n) is 11.2. The topological polar surface area (TPSA) is 28.2 Å². The van der Waals surface area contributed by atoms with Crippen molar-refractivity contribution >= 4 is 0 Å². The van der Waals surface area contributed by atoms with Crippen LogP contribution in [0.2, 0.25) is 0 Å². The van der Waals surface area contributed by atoms with Crippen molar-refractivity contribution in [3.63, 3.8) is 0 Å². The van der Waals surface area contributed by atoms with Crippen molar-refractivity contribution in [2.75, 3.05) is 26.7 Å². The summed E-state index contributed by atoms with van der Waals surface area (Å²) in [6, 6.07) is 3.50. The van der Waals surface area contributed by atoms with E-state index in [2.05, 4.69) is 29.2 Å². The average molecular weight is 251 g/mol. The van der Waals surface area contributed by atoms with Gasteiger partial charge < -0.3 is 5.32 Å². The van der Waals surface area contributed by atoms with Gasteiger partial charge in [-0.3, -0.25) is 9.88 Å². The highest BCUT2D eigenvalue weighted by atomic mass is 19.1. The van der Waals surface area contributed by atoms with Gasteiger partial charge in [0.2, 0.25) is 0 Å². The van der Waals surface area contributed by atoms with E-state index >= 15 is 0 Å². The van der Waals surface area contributed by atoms with E-state index in [0.717, 1.165) is 31.2 Å². The molecule has 1 aliphatic rings.